The number of benzene rings is 4. The molecule has 0 amide bonds. The van der Waals surface area contributed by atoms with Gasteiger partial charge in [0, 0.05) is 38.5 Å². The summed E-state index contributed by atoms with van der Waals surface area (Å²) in [6.07, 6.45) is 32.0. The Bertz CT molecular complexity index is 2220. The number of unbranched alkanes of at least 4 members (excludes halogenated alkanes) is 30. The molecule has 6 N–H and O–H groups in total. The number of hydrogen-bond donors (Lipinski definition) is 6. The number of carboxylic acid groups (broad SMARTS) is 6. The van der Waals surface area contributed by atoms with Crippen LogP contribution in [0.5, 0.6) is 34.5 Å². The van der Waals surface area contributed by atoms with Crippen LogP contribution in [0.3, 0.4) is 0 Å². The van der Waals surface area contributed by atoms with E-state index in [4.69, 9.17) is 59.1 Å². The van der Waals surface area contributed by atoms with Crippen LogP contribution in [0.2, 0.25) is 0 Å². The van der Waals surface area contributed by atoms with E-state index >= 15 is 0 Å². The van der Waals surface area contributed by atoms with Gasteiger partial charge in [-0.3, -0.25) is 28.8 Å². The van der Waals surface area contributed by atoms with Gasteiger partial charge in [-0.2, -0.15) is 0 Å². The van der Waals surface area contributed by atoms with Crippen molar-refractivity contribution in [1.29, 1.82) is 0 Å². The van der Waals surface area contributed by atoms with Crippen LogP contribution in [0, 0.1) is 0 Å². The second-order valence-electron chi connectivity index (χ2n) is 24.2. The van der Waals surface area contributed by atoms with Crippen molar-refractivity contribution in [2.45, 2.75) is 270 Å². The van der Waals surface area contributed by atoms with E-state index in [0.29, 0.717) is 113 Å². The third-order valence-corrected chi connectivity index (χ3v) is 16.4. The van der Waals surface area contributed by atoms with E-state index in [1.807, 2.05) is 0 Å². The molecule has 0 unspecified atom stereocenters. The molecule has 4 aromatic carbocycles. The Morgan fingerprint density at radius 2 is 0.300 bits per heavy atom. The average molecular weight is 1260 g/mol. The van der Waals surface area contributed by atoms with Gasteiger partial charge in [-0.15, -0.1) is 0 Å². The number of aliphatic carboxylic acids is 6. The molecule has 0 fully saturated rings. The summed E-state index contributed by atoms with van der Waals surface area (Å²) in [5.41, 5.74) is 0. The first-order valence-corrected chi connectivity index (χ1v) is 34.4. The summed E-state index contributed by atoms with van der Waals surface area (Å²) in [6, 6.07) is 12.5. The molecule has 0 aromatic heterocycles. The molecule has 4 aromatic rings. The molecule has 0 saturated carbocycles. The fraction of sp³-hybridized carbons (Fsp3) is 0.667. The minimum atomic E-state index is -0.774. The van der Waals surface area contributed by atoms with Gasteiger partial charge in [0.05, 0.1) is 39.6 Å². The molecule has 90 heavy (non-hydrogen) atoms. The lowest BCUT2D eigenvalue weighted by atomic mass is 9.93. The molecule has 0 radical (unpaired) electrons. The number of hydrogen-bond acceptors (Lipinski definition) is 12. The molecule has 4 rings (SSSR count). The van der Waals surface area contributed by atoms with E-state index < -0.39 is 35.8 Å². The van der Waals surface area contributed by atoms with Crippen LogP contribution in [0.15, 0.2) is 36.4 Å². The minimum Gasteiger partial charge on any atom is -0.490 e. The Kier molecular flexibility index (Phi) is 39.7. The Morgan fingerprint density at radius 3 is 0.422 bits per heavy atom. The molecule has 0 spiro atoms. The van der Waals surface area contributed by atoms with Crippen LogP contribution in [0.1, 0.15) is 270 Å². The Labute approximate surface area is 534 Å². The third-order valence-electron chi connectivity index (χ3n) is 16.4. The molecular formula is C72H108O18. The normalized spacial score (nSPS) is 11.3. The van der Waals surface area contributed by atoms with Gasteiger partial charge in [0.1, 0.15) is 0 Å². The van der Waals surface area contributed by atoms with Gasteiger partial charge in [-0.25, -0.2) is 0 Å². The highest BCUT2D eigenvalue weighted by Crippen LogP contribution is 2.47. The number of carbonyl (C=O) groups is 6. The second kappa shape index (κ2) is 47.2. The Hall–Kier alpha value is -6.72. The first kappa shape index (κ1) is 75.7. The van der Waals surface area contributed by atoms with E-state index in [-0.39, 0.29) is 38.5 Å². The highest BCUT2D eigenvalue weighted by atomic mass is 16.5. The summed E-state index contributed by atoms with van der Waals surface area (Å²) in [4.78, 5) is 66.5. The van der Waals surface area contributed by atoms with Crippen molar-refractivity contribution in [3.8, 4) is 34.5 Å². The van der Waals surface area contributed by atoms with Crippen LogP contribution in [0.4, 0.5) is 0 Å². The molecule has 18 heteroatoms. The first-order valence-electron chi connectivity index (χ1n) is 34.4. The van der Waals surface area contributed by atoms with Crippen molar-refractivity contribution in [3.05, 3.63) is 36.4 Å². The van der Waals surface area contributed by atoms with Crippen molar-refractivity contribution in [1.82, 2.24) is 0 Å². The van der Waals surface area contributed by atoms with E-state index in [0.717, 1.165) is 225 Å². The van der Waals surface area contributed by atoms with Crippen LogP contribution < -0.4 is 28.4 Å². The number of carboxylic acids is 6. The van der Waals surface area contributed by atoms with Gasteiger partial charge in [0.25, 0.3) is 0 Å². The number of fused-ring (bicyclic) bond motifs is 6. The fourth-order valence-electron chi connectivity index (χ4n) is 11.3. The van der Waals surface area contributed by atoms with Crippen LogP contribution >= 0.6 is 0 Å². The van der Waals surface area contributed by atoms with E-state index in [9.17, 15) is 28.8 Å². The summed E-state index contributed by atoms with van der Waals surface area (Å²) in [5.74, 6) is -1.01. The Morgan fingerprint density at radius 1 is 0.189 bits per heavy atom. The largest absolute Gasteiger partial charge is 0.490 e. The topological polar surface area (TPSA) is 279 Å². The molecule has 0 bridgehead atoms. The molecule has 0 aliphatic heterocycles. The molecule has 0 aliphatic rings. The van der Waals surface area contributed by atoms with Crippen LogP contribution in [-0.2, 0) is 28.8 Å². The highest BCUT2D eigenvalue weighted by Gasteiger charge is 2.21. The zero-order valence-electron chi connectivity index (χ0n) is 54.0. The lowest BCUT2D eigenvalue weighted by Gasteiger charge is -2.21. The summed E-state index contributed by atoms with van der Waals surface area (Å²) in [5, 5.41) is 60.1. The third kappa shape index (κ3) is 33.4. The van der Waals surface area contributed by atoms with Crippen molar-refractivity contribution >= 4 is 68.1 Å². The van der Waals surface area contributed by atoms with Gasteiger partial charge in [0.2, 0.25) is 0 Å². The lowest BCUT2D eigenvalue weighted by molar-refractivity contribution is -0.138. The average Bonchev–Trinajstić information content (AvgIpc) is 0.736. The summed E-state index contributed by atoms with van der Waals surface area (Å²) < 4.78 is 40.3. The number of ether oxygens (including phenoxy) is 6. The predicted molar refractivity (Wildman–Crippen MR) is 352 cm³/mol. The second-order valence-corrected chi connectivity index (χ2v) is 24.2. The molecular weight excluding hydrogens is 1150 g/mol. The lowest BCUT2D eigenvalue weighted by Crippen LogP contribution is -2.05. The molecule has 0 aliphatic carbocycles. The number of rotatable bonds is 60. The fourth-order valence-corrected chi connectivity index (χ4v) is 11.3. The SMILES string of the molecule is O=C(O)CCCCCCCCOc1cc2c3cc(OCCCCCCCCC(=O)O)c(OCCCCCCCCC(=O)O)cc3c3cc(OCCCCCCCCC(=O)O)c(OCCCCCCCCC(=O)O)cc3c2cc1OCCCCCCCCC(=O)O. The quantitative estimate of drug-likeness (QED) is 0.0177. The molecule has 504 valence electrons. The zero-order valence-corrected chi connectivity index (χ0v) is 54.0. The van der Waals surface area contributed by atoms with Gasteiger partial charge in [-0.1, -0.05) is 154 Å². The van der Waals surface area contributed by atoms with Crippen molar-refractivity contribution < 1.29 is 87.8 Å². The first-order chi connectivity index (χ1) is 43.7. The van der Waals surface area contributed by atoms with Gasteiger partial charge in [0.15, 0.2) is 34.5 Å². The van der Waals surface area contributed by atoms with Gasteiger partial charge >= 0.3 is 35.8 Å². The van der Waals surface area contributed by atoms with E-state index in [1.165, 1.54) is 0 Å². The predicted octanol–water partition coefficient (Wildman–Crippen LogP) is 18.3. The van der Waals surface area contributed by atoms with E-state index in [2.05, 4.69) is 36.4 Å². The van der Waals surface area contributed by atoms with Gasteiger partial charge < -0.3 is 59.1 Å². The van der Waals surface area contributed by atoms with Crippen LogP contribution in [0.25, 0.3) is 32.3 Å². The van der Waals surface area contributed by atoms with Crippen molar-refractivity contribution in [3.63, 3.8) is 0 Å². The summed E-state index contributed by atoms with van der Waals surface area (Å²) in [6.45, 7) is 2.66. The molecule has 0 atom stereocenters. The maximum atomic E-state index is 11.1. The summed E-state index contributed by atoms with van der Waals surface area (Å²) in [7, 11) is 0. The Balaban J connectivity index is 1.82. The van der Waals surface area contributed by atoms with Crippen molar-refractivity contribution in [2.75, 3.05) is 39.6 Å². The monoisotopic (exact) mass is 1260 g/mol. The zero-order chi connectivity index (χ0) is 64.8. The smallest absolute Gasteiger partial charge is 0.303 e. The molecule has 0 saturated heterocycles. The standard InChI is InChI=1S/C72H108O18/c73-67(74)37-25-13-1-7-19-31-43-85-61-49-55-56(50-62(61)86-44-32-20-8-2-14-26-38-68(75)76)58-52-64(88-46-34-22-10-4-16-28-40-70(79)80)66(90-48-36-24-12-6-18-30-42-72(83)84)54-60(58)59-53-65(89-47-35-23-11-5-17-29-41-71(81)82)63(51-57(55)59)87-45-33-21-9-3-15-27-39-69(77)78/h49-54H,1-48H2,(H,73,74)(H,75,76)(H,77,78)(H,79,80)(H,81,82)(H,83,84). The van der Waals surface area contributed by atoms with Crippen LogP contribution in [-0.4, -0.2) is 106 Å². The molecule has 0 heterocycles. The van der Waals surface area contributed by atoms with Gasteiger partial charge in [-0.05, 0) is 146 Å². The summed E-state index contributed by atoms with van der Waals surface area (Å²) >= 11 is 0. The molecule has 18 nitrogen and oxygen atoms in total. The maximum absolute atomic E-state index is 11.1. The van der Waals surface area contributed by atoms with E-state index in [1.54, 1.807) is 0 Å². The maximum Gasteiger partial charge on any atom is 0.303 e. The minimum absolute atomic E-state index is 0.176. The highest BCUT2D eigenvalue weighted by molar-refractivity contribution is 6.27. The van der Waals surface area contributed by atoms with Crippen molar-refractivity contribution in [2.24, 2.45) is 0 Å².